The van der Waals surface area contributed by atoms with Gasteiger partial charge in [-0.1, -0.05) is 43.3 Å². The SMILES string of the molecule is CCc1ccc(-c2ccc(S(=O)(=O)N3CCOCC3)cc2)cc1. The highest BCUT2D eigenvalue weighted by Gasteiger charge is 2.26. The Labute approximate surface area is 137 Å². The van der Waals surface area contributed by atoms with Crippen molar-refractivity contribution in [1.29, 1.82) is 0 Å². The molecule has 2 aromatic rings. The highest BCUT2D eigenvalue weighted by atomic mass is 32.2. The Balaban J connectivity index is 1.83. The molecule has 0 unspecified atom stereocenters. The number of ether oxygens (including phenoxy) is 1. The quantitative estimate of drug-likeness (QED) is 0.865. The molecule has 0 radical (unpaired) electrons. The molecule has 0 N–H and O–H groups in total. The standard InChI is InChI=1S/C18H21NO3S/c1-2-15-3-5-16(6-4-15)17-7-9-18(10-8-17)23(20,21)19-11-13-22-14-12-19/h3-10H,2,11-14H2,1H3. The van der Waals surface area contributed by atoms with E-state index in [9.17, 15) is 8.42 Å². The van der Waals surface area contributed by atoms with E-state index in [1.807, 2.05) is 12.1 Å². The number of morpholine rings is 1. The van der Waals surface area contributed by atoms with Crippen molar-refractivity contribution in [3.63, 3.8) is 0 Å². The summed E-state index contributed by atoms with van der Waals surface area (Å²) < 4.78 is 31.9. The lowest BCUT2D eigenvalue weighted by Gasteiger charge is -2.26. The van der Waals surface area contributed by atoms with Crippen LogP contribution in [0.3, 0.4) is 0 Å². The smallest absolute Gasteiger partial charge is 0.243 e. The number of hydrogen-bond acceptors (Lipinski definition) is 3. The van der Waals surface area contributed by atoms with Crippen LogP contribution >= 0.6 is 0 Å². The first-order valence-corrected chi connectivity index (χ1v) is 9.32. The molecule has 0 aliphatic carbocycles. The topological polar surface area (TPSA) is 46.6 Å². The molecular weight excluding hydrogens is 310 g/mol. The van der Waals surface area contributed by atoms with Crippen molar-refractivity contribution < 1.29 is 13.2 Å². The molecule has 3 rings (SSSR count). The van der Waals surface area contributed by atoms with Crippen LogP contribution in [0.4, 0.5) is 0 Å². The molecule has 5 heteroatoms. The summed E-state index contributed by atoms with van der Waals surface area (Å²) >= 11 is 0. The summed E-state index contributed by atoms with van der Waals surface area (Å²) in [6.45, 7) is 3.88. The molecule has 2 aromatic carbocycles. The number of hydrogen-bond donors (Lipinski definition) is 0. The summed E-state index contributed by atoms with van der Waals surface area (Å²) in [6, 6.07) is 15.5. The molecular formula is C18H21NO3S. The predicted molar refractivity (Wildman–Crippen MR) is 90.8 cm³/mol. The number of aryl methyl sites for hydroxylation is 1. The van der Waals surface area contributed by atoms with Crippen LogP contribution in [-0.4, -0.2) is 39.0 Å². The van der Waals surface area contributed by atoms with E-state index in [4.69, 9.17) is 4.74 Å². The lowest BCUT2D eigenvalue weighted by molar-refractivity contribution is 0.0730. The van der Waals surface area contributed by atoms with Gasteiger partial charge in [-0.25, -0.2) is 8.42 Å². The first kappa shape index (κ1) is 16.2. The fourth-order valence-corrected chi connectivity index (χ4v) is 4.10. The molecule has 4 nitrogen and oxygen atoms in total. The van der Waals surface area contributed by atoms with Gasteiger partial charge in [0.05, 0.1) is 18.1 Å². The molecule has 1 aliphatic rings. The summed E-state index contributed by atoms with van der Waals surface area (Å²) in [5, 5.41) is 0. The number of rotatable bonds is 4. The van der Waals surface area contributed by atoms with Gasteiger partial charge < -0.3 is 4.74 Å². The van der Waals surface area contributed by atoms with Gasteiger partial charge in [0.25, 0.3) is 0 Å². The zero-order valence-electron chi connectivity index (χ0n) is 13.2. The van der Waals surface area contributed by atoms with Crippen LogP contribution in [0.2, 0.25) is 0 Å². The predicted octanol–water partition coefficient (Wildman–Crippen LogP) is 2.94. The van der Waals surface area contributed by atoms with E-state index >= 15 is 0 Å². The molecule has 1 aliphatic heterocycles. The van der Waals surface area contributed by atoms with Crippen LogP contribution < -0.4 is 0 Å². The van der Waals surface area contributed by atoms with Crippen molar-refractivity contribution in [3.05, 3.63) is 54.1 Å². The average Bonchev–Trinajstić information content (AvgIpc) is 2.63. The highest BCUT2D eigenvalue weighted by molar-refractivity contribution is 7.89. The Morgan fingerprint density at radius 1 is 0.913 bits per heavy atom. The molecule has 0 amide bonds. The summed E-state index contributed by atoms with van der Waals surface area (Å²) in [7, 11) is -3.42. The monoisotopic (exact) mass is 331 g/mol. The van der Waals surface area contributed by atoms with Crippen LogP contribution in [0.1, 0.15) is 12.5 Å². The summed E-state index contributed by atoms with van der Waals surface area (Å²) in [5.41, 5.74) is 3.41. The van der Waals surface area contributed by atoms with Crippen molar-refractivity contribution in [1.82, 2.24) is 4.31 Å². The largest absolute Gasteiger partial charge is 0.379 e. The van der Waals surface area contributed by atoms with E-state index in [2.05, 4.69) is 31.2 Å². The third kappa shape index (κ3) is 3.47. The van der Waals surface area contributed by atoms with Gasteiger partial charge in [0.2, 0.25) is 10.0 Å². The van der Waals surface area contributed by atoms with Crippen LogP contribution in [0.15, 0.2) is 53.4 Å². The Morgan fingerprint density at radius 2 is 1.43 bits per heavy atom. The number of sulfonamides is 1. The maximum absolute atomic E-state index is 12.6. The van der Waals surface area contributed by atoms with E-state index in [-0.39, 0.29) is 0 Å². The Hall–Kier alpha value is -1.69. The summed E-state index contributed by atoms with van der Waals surface area (Å²) in [4.78, 5) is 0.341. The molecule has 0 bridgehead atoms. The van der Waals surface area contributed by atoms with Gasteiger partial charge >= 0.3 is 0 Å². The van der Waals surface area contributed by atoms with E-state index in [1.54, 1.807) is 12.1 Å². The lowest BCUT2D eigenvalue weighted by Crippen LogP contribution is -2.40. The molecule has 0 saturated carbocycles. The van der Waals surface area contributed by atoms with Gasteiger partial charge in [-0.05, 0) is 35.2 Å². The number of benzene rings is 2. The fourth-order valence-electron chi connectivity index (χ4n) is 2.69. The van der Waals surface area contributed by atoms with Gasteiger partial charge in [-0.15, -0.1) is 0 Å². The molecule has 1 saturated heterocycles. The molecule has 0 atom stereocenters. The maximum atomic E-state index is 12.6. The van der Waals surface area contributed by atoms with E-state index in [0.29, 0.717) is 31.2 Å². The minimum atomic E-state index is -3.42. The molecule has 0 aromatic heterocycles. The average molecular weight is 331 g/mol. The van der Waals surface area contributed by atoms with Crippen molar-refractivity contribution in [2.75, 3.05) is 26.3 Å². The van der Waals surface area contributed by atoms with Gasteiger partial charge in [-0.3, -0.25) is 0 Å². The van der Waals surface area contributed by atoms with Crippen molar-refractivity contribution in [3.8, 4) is 11.1 Å². The van der Waals surface area contributed by atoms with E-state index < -0.39 is 10.0 Å². The van der Waals surface area contributed by atoms with E-state index in [0.717, 1.165) is 17.5 Å². The second kappa shape index (κ2) is 6.83. The van der Waals surface area contributed by atoms with Gasteiger partial charge in [0.15, 0.2) is 0 Å². The zero-order chi connectivity index (χ0) is 16.3. The van der Waals surface area contributed by atoms with Gasteiger partial charge in [-0.2, -0.15) is 4.31 Å². The molecule has 1 fully saturated rings. The lowest BCUT2D eigenvalue weighted by atomic mass is 10.0. The van der Waals surface area contributed by atoms with Gasteiger partial charge in [0, 0.05) is 13.1 Å². The van der Waals surface area contributed by atoms with Crippen LogP contribution in [-0.2, 0) is 21.2 Å². The van der Waals surface area contributed by atoms with Crippen molar-refractivity contribution >= 4 is 10.0 Å². The third-order valence-corrected chi connectivity index (χ3v) is 6.07. The molecule has 23 heavy (non-hydrogen) atoms. The van der Waals surface area contributed by atoms with Gasteiger partial charge in [0.1, 0.15) is 0 Å². The van der Waals surface area contributed by atoms with Crippen molar-refractivity contribution in [2.45, 2.75) is 18.2 Å². The highest BCUT2D eigenvalue weighted by Crippen LogP contribution is 2.24. The molecule has 122 valence electrons. The normalized spacial score (nSPS) is 16.4. The fraction of sp³-hybridized carbons (Fsp3) is 0.333. The van der Waals surface area contributed by atoms with Crippen molar-refractivity contribution in [2.24, 2.45) is 0 Å². The zero-order valence-corrected chi connectivity index (χ0v) is 14.1. The second-order valence-electron chi connectivity index (χ2n) is 5.59. The van der Waals surface area contributed by atoms with Crippen LogP contribution in [0, 0.1) is 0 Å². The number of nitrogens with zero attached hydrogens (tertiary/aromatic N) is 1. The summed E-state index contributed by atoms with van der Waals surface area (Å²) in [5.74, 6) is 0. The first-order valence-electron chi connectivity index (χ1n) is 7.88. The molecule has 0 spiro atoms. The van der Waals surface area contributed by atoms with Crippen LogP contribution in [0.5, 0.6) is 0 Å². The maximum Gasteiger partial charge on any atom is 0.243 e. The minimum Gasteiger partial charge on any atom is -0.379 e. The minimum absolute atomic E-state index is 0.341. The Kier molecular flexibility index (Phi) is 4.80. The van der Waals surface area contributed by atoms with E-state index in [1.165, 1.54) is 9.87 Å². The Morgan fingerprint density at radius 3 is 1.96 bits per heavy atom. The first-order chi connectivity index (χ1) is 11.1. The Bertz CT molecular complexity index is 746. The second-order valence-corrected chi connectivity index (χ2v) is 7.53. The third-order valence-electron chi connectivity index (χ3n) is 4.16. The van der Waals surface area contributed by atoms with Crippen LogP contribution in [0.25, 0.3) is 11.1 Å². The molecule has 1 heterocycles. The summed E-state index contributed by atoms with van der Waals surface area (Å²) in [6.07, 6.45) is 1.01.